The molecule has 0 amide bonds. The third kappa shape index (κ3) is 3.43. The highest BCUT2D eigenvalue weighted by atomic mass is 79.9. The maximum absolute atomic E-state index is 4.30. The van der Waals surface area contributed by atoms with Gasteiger partial charge in [-0.15, -0.1) is 0 Å². The predicted molar refractivity (Wildman–Crippen MR) is 67.4 cm³/mol. The summed E-state index contributed by atoms with van der Waals surface area (Å²) in [5, 5.41) is 0. The van der Waals surface area contributed by atoms with Crippen molar-refractivity contribution in [3.8, 4) is 0 Å². The number of aliphatic imine (C=N–C) groups is 1. The van der Waals surface area contributed by atoms with Gasteiger partial charge in [0.25, 0.3) is 0 Å². The van der Waals surface area contributed by atoms with Gasteiger partial charge in [-0.1, -0.05) is 28.1 Å². The van der Waals surface area contributed by atoms with Crippen LogP contribution in [0.2, 0.25) is 0 Å². The van der Waals surface area contributed by atoms with Gasteiger partial charge in [-0.3, -0.25) is 9.89 Å². The van der Waals surface area contributed by atoms with Gasteiger partial charge in [-0.2, -0.15) is 0 Å². The van der Waals surface area contributed by atoms with Crippen molar-refractivity contribution in [3.63, 3.8) is 0 Å². The fourth-order valence-corrected chi connectivity index (χ4v) is 2.00. The zero-order valence-electron chi connectivity index (χ0n) is 8.69. The molecule has 0 unspecified atom stereocenters. The number of hydrogen-bond acceptors (Lipinski definition) is 2. The van der Waals surface area contributed by atoms with Crippen molar-refractivity contribution in [1.29, 1.82) is 0 Å². The lowest BCUT2D eigenvalue weighted by Gasteiger charge is -2.19. The van der Waals surface area contributed by atoms with Gasteiger partial charge in [-0.05, 0) is 24.1 Å². The molecule has 1 aliphatic rings. The molecule has 0 bridgehead atoms. The first-order valence-electron chi connectivity index (χ1n) is 5.30. The topological polar surface area (TPSA) is 15.6 Å². The van der Waals surface area contributed by atoms with E-state index >= 15 is 0 Å². The van der Waals surface area contributed by atoms with Crippen LogP contribution in [0.5, 0.6) is 0 Å². The highest BCUT2D eigenvalue weighted by molar-refractivity contribution is 9.10. The Morgan fingerprint density at radius 3 is 2.80 bits per heavy atom. The standard InChI is InChI=1S/C12H15BrN2/c13-12-4-2-11(3-5-12)10-15-8-1-6-14-7-9-15/h2-6H,1,7-10H2. The maximum atomic E-state index is 4.30. The average molecular weight is 267 g/mol. The highest BCUT2D eigenvalue weighted by Crippen LogP contribution is 2.12. The molecule has 3 heteroatoms. The Balaban J connectivity index is 1.93. The van der Waals surface area contributed by atoms with Crippen molar-refractivity contribution in [2.24, 2.45) is 4.99 Å². The molecule has 0 N–H and O–H groups in total. The van der Waals surface area contributed by atoms with E-state index in [9.17, 15) is 0 Å². The molecule has 15 heavy (non-hydrogen) atoms. The quantitative estimate of drug-likeness (QED) is 0.804. The van der Waals surface area contributed by atoms with Gasteiger partial charge >= 0.3 is 0 Å². The summed E-state index contributed by atoms with van der Waals surface area (Å²) in [7, 11) is 0. The zero-order chi connectivity index (χ0) is 10.5. The first-order chi connectivity index (χ1) is 7.34. The fourth-order valence-electron chi connectivity index (χ4n) is 1.74. The lowest BCUT2D eigenvalue weighted by atomic mass is 10.2. The molecule has 0 fully saturated rings. The van der Waals surface area contributed by atoms with E-state index in [1.54, 1.807) is 0 Å². The van der Waals surface area contributed by atoms with E-state index in [0.717, 1.165) is 37.1 Å². The Morgan fingerprint density at radius 1 is 1.20 bits per heavy atom. The monoisotopic (exact) mass is 266 g/mol. The van der Waals surface area contributed by atoms with E-state index < -0.39 is 0 Å². The van der Waals surface area contributed by atoms with Crippen LogP contribution in [-0.2, 0) is 6.54 Å². The molecule has 0 aliphatic carbocycles. The lowest BCUT2D eigenvalue weighted by Crippen LogP contribution is -2.25. The molecule has 80 valence electrons. The van der Waals surface area contributed by atoms with Crippen molar-refractivity contribution in [2.45, 2.75) is 13.0 Å². The van der Waals surface area contributed by atoms with E-state index in [1.165, 1.54) is 5.56 Å². The van der Waals surface area contributed by atoms with E-state index in [0.29, 0.717) is 0 Å². The number of nitrogens with zero attached hydrogens (tertiary/aromatic N) is 2. The van der Waals surface area contributed by atoms with E-state index in [4.69, 9.17) is 0 Å². The van der Waals surface area contributed by atoms with Crippen LogP contribution in [0.4, 0.5) is 0 Å². The first-order valence-corrected chi connectivity index (χ1v) is 6.09. The molecule has 0 saturated heterocycles. The number of rotatable bonds is 2. The number of hydrogen-bond donors (Lipinski definition) is 0. The summed E-state index contributed by atoms with van der Waals surface area (Å²) in [5.74, 6) is 0. The van der Waals surface area contributed by atoms with Crippen molar-refractivity contribution in [2.75, 3.05) is 19.6 Å². The highest BCUT2D eigenvalue weighted by Gasteiger charge is 2.06. The molecule has 1 heterocycles. The third-order valence-corrected chi connectivity index (χ3v) is 3.10. The first kappa shape index (κ1) is 10.8. The van der Waals surface area contributed by atoms with Crippen LogP contribution in [0.3, 0.4) is 0 Å². The van der Waals surface area contributed by atoms with Crippen molar-refractivity contribution < 1.29 is 0 Å². The molecule has 0 aromatic heterocycles. The van der Waals surface area contributed by atoms with Crippen LogP contribution in [-0.4, -0.2) is 30.7 Å². The molecule has 1 aromatic rings. The van der Waals surface area contributed by atoms with Gasteiger partial charge in [0.15, 0.2) is 0 Å². The van der Waals surface area contributed by atoms with Gasteiger partial charge in [0, 0.05) is 30.3 Å². The van der Waals surface area contributed by atoms with E-state index in [-0.39, 0.29) is 0 Å². The number of benzene rings is 1. The minimum Gasteiger partial charge on any atom is -0.297 e. The molecule has 0 saturated carbocycles. The van der Waals surface area contributed by atoms with Crippen molar-refractivity contribution >= 4 is 22.1 Å². The zero-order valence-corrected chi connectivity index (χ0v) is 10.3. The summed E-state index contributed by atoms with van der Waals surface area (Å²) < 4.78 is 1.14. The van der Waals surface area contributed by atoms with Crippen LogP contribution >= 0.6 is 15.9 Å². The van der Waals surface area contributed by atoms with Crippen LogP contribution in [0.1, 0.15) is 12.0 Å². The molecule has 1 aromatic carbocycles. The second-order valence-electron chi connectivity index (χ2n) is 3.78. The van der Waals surface area contributed by atoms with E-state index in [2.05, 4.69) is 50.1 Å². The van der Waals surface area contributed by atoms with Gasteiger partial charge in [-0.25, -0.2) is 0 Å². The normalized spacial score (nSPS) is 17.7. The maximum Gasteiger partial charge on any atom is 0.0513 e. The Kier molecular flexibility index (Phi) is 3.92. The molecule has 0 atom stereocenters. The summed E-state index contributed by atoms with van der Waals surface area (Å²) in [6.45, 7) is 4.18. The van der Waals surface area contributed by atoms with E-state index in [1.807, 2.05) is 6.21 Å². The minimum absolute atomic E-state index is 0.941. The minimum atomic E-state index is 0.941. The lowest BCUT2D eigenvalue weighted by molar-refractivity contribution is 0.287. The second-order valence-corrected chi connectivity index (χ2v) is 4.70. The molecular formula is C12H15BrN2. The van der Waals surface area contributed by atoms with Gasteiger partial charge in [0.2, 0.25) is 0 Å². The van der Waals surface area contributed by atoms with Gasteiger partial charge < -0.3 is 0 Å². The Morgan fingerprint density at radius 2 is 2.00 bits per heavy atom. The Bertz CT molecular complexity index is 322. The van der Waals surface area contributed by atoms with Crippen LogP contribution in [0, 0.1) is 0 Å². The molecule has 0 spiro atoms. The largest absolute Gasteiger partial charge is 0.297 e. The predicted octanol–water partition coefficient (Wildman–Crippen LogP) is 2.73. The summed E-state index contributed by atoms with van der Waals surface area (Å²) in [6.07, 6.45) is 3.12. The molecular weight excluding hydrogens is 252 g/mol. The summed E-state index contributed by atoms with van der Waals surface area (Å²) >= 11 is 3.45. The van der Waals surface area contributed by atoms with Gasteiger partial charge in [0.1, 0.15) is 0 Å². The molecule has 0 radical (unpaired) electrons. The summed E-state index contributed by atoms with van der Waals surface area (Å²) in [4.78, 5) is 6.76. The molecule has 2 rings (SSSR count). The summed E-state index contributed by atoms with van der Waals surface area (Å²) in [6, 6.07) is 8.55. The number of halogens is 1. The van der Waals surface area contributed by atoms with Crippen LogP contribution in [0.15, 0.2) is 33.7 Å². The second kappa shape index (κ2) is 5.42. The molecule has 2 nitrogen and oxygen atoms in total. The fraction of sp³-hybridized carbons (Fsp3) is 0.417. The molecule has 1 aliphatic heterocycles. The Hall–Kier alpha value is -0.670. The van der Waals surface area contributed by atoms with Crippen LogP contribution < -0.4 is 0 Å². The Labute approximate surface area is 99.1 Å². The average Bonchev–Trinajstić information content (AvgIpc) is 2.50. The smallest absolute Gasteiger partial charge is 0.0513 e. The SMILES string of the molecule is Brc1ccc(CN2CCC=NCC2)cc1. The third-order valence-electron chi connectivity index (χ3n) is 2.57. The van der Waals surface area contributed by atoms with Crippen molar-refractivity contribution in [3.05, 3.63) is 34.3 Å². The van der Waals surface area contributed by atoms with Crippen LogP contribution in [0.25, 0.3) is 0 Å². The summed E-state index contributed by atoms with van der Waals surface area (Å²) in [5.41, 5.74) is 1.38. The van der Waals surface area contributed by atoms with Gasteiger partial charge in [0.05, 0.1) is 6.54 Å². The van der Waals surface area contributed by atoms with Crippen molar-refractivity contribution in [1.82, 2.24) is 4.90 Å².